The first-order chi connectivity index (χ1) is 11.4. The zero-order chi connectivity index (χ0) is 17.4. The minimum Gasteiger partial charge on any atom is -0.490 e. The van der Waals surface area contributed by atoms with Crippen LogP contribution >= 0.6 is 0 Å². The van der Waals surface area contributed by atoms with Crippen molar-refractivity contribution in [2.24, 2.45) is 0 Å². The van der Waals surface area contributed by atoms with Crippen LogP contribution in [-0.2, 0) is 4.74 Å². The van der Waals surface area contributed by atoms with E-state index in [0.29, 0.717) is 11.0 Å². The Morgan fingerprint density at radius 1 is 1.12 bits per heavy atom. The lowest BCUT2D eigenvalue weighted by atomic mass is 9.99. The Morgan fingerprint density at radius 3 is 2.62 bits per heavy atom. The lowest BCUT2D eigenvalue weighted by Gasteiger charge is -2.38. The molecule has 0 bridgehead atoms. The van der Waals surface area contributed by atoms with E-state index >= 15 is 0 Å². The van der Waals surface area contributed by atoms with Crippen LogP contribution in [0.15, 0.2) is 33.5 Å². The van der Waals surface area contributed by atoms with Crippen molar-refractivity contribution in [1.29, 1.82) is 0 Å². The Bertz CT molecular complexity index is 785. The second-order valence-electron chi connectivity index (χ2n) is 5.73. The third kappa shape index (κ3) is 3.02. The van der Waals surface area contributed by atoms with Gasteiger partial charge >= 0.3 is 5.63 Å². The summed E-state index contributed by atoms with van der Waals surface area (Å²) in [6, 6.07) is 6.37. The molecule has 0 amide bonds. The quantitative estimate of drug-likeness (QED) is 0.540. The third-order valence-electron chi connectivity index (χ3n) is 4.03. The molecule has 1 aromatic carbocycles. The summed E-state index contributed by atoms with van der Waals surface area (Å²) in [4.78, 5) is 11.6. The molecule has 5 atom stereocenters. The van der Waals surface area contributed by atoms with Crippen molar-refractivity contribution >= 4 is 11.0 Å². The van der Waals surface area contributed by atoms with Gasteiger partial charge in [0.05, 0.1) is 11.5 Å². The normalized spacial score (nSPS) is 30.5. The zero-order valence-electron chi connectivity index (χ0n) is 12.8. The van der Waals surface area contributed by atoms with E-state index in [0.717, 1.165) is 5.56 Å². The lowest BCUT2D eigenvalue weighted by molar-refractivity contribution is -0.285. The van der Waals surface area contributed by atoms with Gasteiger partial charge in [0.2, 0.25) is 0 Å². The molecule has 0 aliphatic carbocycles. The maximum Gasteiger partial charge on any atom is 0.339 e. The highest BCUT2D eigenvalue weighted by Crippen LogP contribution is 2.28. The van der Waals surface area contributed by atoms with Crippen molar-refractivity contribution in [3.05, 3.63) is 40.2 Å². The number of aliphatic hydroxyl groups is 4. The van der Waals surface area contributed by atoms with Gasteiger partial charge in [-0.25, -0.2) is 4.79 Å². The summed E-state index contributed by atoms with van der Waals surface area (Å²) in [5.74, 6) is 0.241. The predicted molar refractivity (Wildman–Crippen MR) is 81.6 cm³/mol. The van der Waals surface area contributed by atoms with E-state index in [1.807, 2.05) is 13.0 Å². The first-order valence-electron chi connectivity index (χ1n) is 7.42. The van der Waals surface area contributed by atoms with Gasteiger partial charge in [0, 0.05) is 0 Å². The number of fused-ring (bicyclic) bond motifs is 1. The fourth-order valence-electron chi connectivity index (χ4n) is 2.71. The van der Waals surface area contributed by atoms with Crippen LogP contribution in [-0.4, -0.2) is 57.7 Å². The maximum atomic E-state index is 11.6. The Hall–Kier alpha value is -1.97. The number of benzene rings is 1. The number of ether oxygens (including phenoxy) is 2. The van der Waals surface area contributed by atoms with Crippen molar-refractivity contribution < 1.29 is 34.3 Å². The number of hydrogen-bond donors (Lipinski definition) is 4. The van der Waals surface area contributed by atoms with Crippen molar-refractivity contribution in [2.45, 2.75) is 37.6 Å². The first-order valence-corrected chi connectivity index (χ1v) is 7.42. The second-order valence-corrected chi connectivity index (χ2v) is 5.73. The molecule has 1 aliphatic heterocycles. The van der Waals surface area contributed by atoms with E-state index in [-0.39, 0.29) is 12.4 Å². The molecule has 24 heavy (non-hydrogen) atoms. The summed E-state index contributed by atoms with van der Waals surface area (Å²) in [6.45, 7) is 1.58. The molecule has 0 spiro atoms. The summed E-state index contributed by atoms with van der Waals surface area (Å²) in [5, 5.41) is 39.2. The molecule has 8 nitrogen and oxygen atoms in total. The van der Waals surface area contributed by atoms with Gasteiger partial charge in [0.25, 0.3) is 0 Å². The molecule has 5 unspecified atom stereocenters. The highest BCUT2D eigenvalue weighted by atomic mass is 16.6. The number of rotatable bonds is 3. The van der Waals surface area contributed by atoms with E-state index in [1.165, 1.54) is 6.07 Å². The van der Waals surface area contributed by atoms with E-state index in [2.05, 4.69) is 0 Å². The predicted octanol–water partition coefficient (Wildman–Crippen LogP) is -0.720. The topological polar surface area (TPSA) is 130 Å². The Labute approximate surface area is 136 Å². The van der Waals surface area contributed by atoms with Crippen molar-refractivity contribution in [3.8, 4) is 5.75 Å². The highest BCUT2D eigenvalue weighted by Gasteiger charge is 2.43. The SMILES string of the molecule is Cc1cccc2oc(=O)cc(OCC3OC(O)C(O)C(O)C3O)c12. The maximum absolute atomic E-state index is 11.6. The van der Waals surface area contributed by atoms with Crippen LogP contribution in [0.2, 0.25) is 0 Å². The number of hydrogen-bond acceptors (Lipinski definition) is 8. The highest BCUT2D eigenvalue weighted by molar-refractivity contribution is 5.86. The molecule has 3 rings (SSSR count). The van der Waals surface area contributed by atoms with Crippen molar-refractivity contribution in [2.75, 3.05) is 6.61 Å². The summed E-state index contributed by atoms with van der Waals surface area (Å²) in [5.41, 5.74) is 0.591. The average molecular weight is 338 g/mol. The lowest BCUT2D eigenvalue weighted by Crippen LogP contribution is -2.58. The van der Waals surface area contributed by atoms with E-state index in [1.54, 1.807) is 12.1 Å². The molecule has 0 radical (unpaired) electrons. The fourth-order valence-corrected chi connectivity index (χ4v) is 2.71. The van der Waals surface area contributed by atoms with Crippen LogP contribution in [0.5, 0.6) is 5.75 Å². The molecule has 8 heteroatoms. The summed E-state index contributed by atoms with van der Waals surface area (Å²) >= 11 is 0. The molecule has 1 aromatic heterocycles. The van der Waals surface area contributed by atoms with Crippen LogP contribution in [0.1, 0.15) is 5.56 Å². The fraction of sp³-hybridized carbons (Fsp3) is 0.438. The summed E-state index contributed by atoms with van der Waals surface area (Å²) < 4.78 is 15.7. The zero-order valence-corrected chi connectivity index (χ0v) is 12.8. The summed E-state index contributed by atoms with van der Waals surface area (Å²) in [7, 11) is 0. The van der Waals surface area contributed by atoms with E-state index in [4.69, 9.17) is 13.9 Å². The van der Waals surface area contributed by atoms with Crippen LogP contribution in [0.4, 0.5) is 0 Å². The van der Waals surface area contributed by atoms with Gasteiger partial charge in [-0.1, -0.05) is 12.1 Å². The first kappa shape index (κ1) is 16.9. The molecule has 1 fully saturated rings. The van der Waals surface area contributed by atoms with Gasteiger partial charge in [-0.05, 0) is 18.6 Å². The minimum absolute atomic E-state index is 0.241. The van der Waals surface area contributed by atoms with Crippen LogP contribution < -0.4 is 10.4 Å². The molecule has 2 aromatic rings. The third-order valence-corrected chi connectivity index (χ3v) is 4.03. The van der Waals surface area contributed by atoms with Crippen molar-refractivity contribution in [1.82, 2.24) is 0 Å². The second kappa shape index (κ2) is 6.50. The van der Waals surface area contributed by atoms with Gasteiger partial charge in [-0.15, -0.1) is 0 Å². The number of aliphatic hydroxyl groups excluding tert-OH is 4. The molecule has 1 saturated heterocycles. The van der Waals surface area contributed by atoms with Crippen LogP contribution in [0.25, 0.3) is 11.0 Å². The Balaban J connectivity index is 1.85. The Kier molecular flexibility index (Phi) is 4.57. The molecular formula is C16H18O8. The minimum atomic E-state index is -1.64. The molecule has 4 N–H and O–H groups in total. The molecule has 0 saturated carbocycles. The number of aryl methyl sites for hydroxylation is 1. The average Bonchev–Trinajstić information content (AvgIpc) is 2.54. The molecule has 1 aliphatic rings. The van der Waals surface area contributed by atoms with Gasteiger partial charge in [0.1, 0.15) is 42.4 Å². The monoisotopic (exact) mass is 338 g/mol. The van der Waals surface area contributed by atoms with Crippen LogP contribution in [0, 0.1) is 6.92 Å². The van der Waals surface area contributed by atoms with Crippen LogP contribution in [0.3, 0.4) is 0 Å². The summed E-state index contributed by atoms with van der Waals surface area (Å²) in [6.07, 6.45) is -7.35. The van der Waals surface area contributed by atoms with Crippen molar-refractivity contribution in [3.63, 3.8) is 0 Å². The Morgan fingerprint density at radius 2 is 1.88 bits per heavy atom. The van der Waals surface area contributed by atoms with Gasteiger partial charge in [0.15, 0.2) is 6.29 Å². The molecular weight excluding hydrogens is 320 g/mol. The van der Waals surface area contributed by atoms with E-state index < -0.39 is 36.3 Å². The molecule has 2 heterocycles. The van der Waals surface area contributed by atoms with Gasteiger partial charge < -0.3 is 34.3 Å². The molecule has 130 valence electrons. The van der Waals surface area contributed by atoms with E-state index in [9.17, 15) is 25.2 Å². The van der Waals surface area contributed by atoms with Gasteiger partial charge in [-0.3, -0.25) is 0 Å². The standard InChI is InChI=1S/C16H18O8/c1-7-3-2-4-8-12(7)9(5-11(17)23-8)22-6-10-13(18)14(19)15(20)16(21)24-10/h2-5,10,13-16,18-21H,6H2,1H3. The smallest absolute Gasteiger partial charge is 0.339 e. The largest absolute Gasteiger partial charge is 0.490 e. The van der Waals surface area contributed by atoms with Gasteiger partial charge in [-0.2, -0.15) is 0 Å².